The molecule has 1 amide bonds. The number of rotatable bonds is 6. The summed E-state index contributed by atoms with van der Waals surface area (Å²) in [6.07, 6.45) is -0.229. The van der Waals surface area contributed by atoms with Crippen LogP contribution in [0.3, 0.4) is 0 Å². The van der Waals surface area contributed by atoms with E-state index < -0.39 is 34.9 Å². The van der Waals surface area contributed by atoms with Gasteiger partial charge < -0.3 is 10.0 Å². The van der Waals surface area contributed by atoms with E-state index in [2.05, 4.69) is 25.7 Å². The highest BCUT2D eigenvalue weighted by molar-refractivity contribution is 6.30. The van der Waals surface area contributed by atoms with Gasteiger partial charge in [-0.05, 0) is 70.4 Å². The molecule has 10 heteroatoms. The van der Waals surface area contributed by atoms with Crippen molar-refractivity contribution in [2.45, 2.75) is 71.0 Å². The number of carboxylic acid groups (broad SMARTS) is 1. The third-order valence-electron chi connectivity index (χ3n) is 8.91. The molecule has 6 nitrogen and oxygen atoms in total. The molecule has 2 heterocycles. The van der Waals surface area contributed by atoms with Crippen LogP contribution in [0.1, 0.15) is 57.2 Å². The van der Waals surface area contributed by atoms with Crippen molar-refractivity contribution in [3.05, 3.63) is 69.5 Å². The molecule has 0 aromatic heterocycles. The van der Waals surface area contributed by atoms with Crippen LogP contribution < -0.4 is 0 Å². The highest BCUT2D eigenvalue weighted by Crippen LogP contribution is 2.39. The minimum Gasteiger partial charge on any atom is -0.480 e. The van der Waals surface area contributed by atoms with Gasteiger partial charge in [0.1, 0.15) is 11.4 Å². The number of carbonyl (C=O) groups excluding carboxylic acids is 1. The number of carbonyl (C=O) groups is 2. The maximum Gasteiger partial charge on any atom is 0.324 e. The van der Waals surface area contributed by atoms with Crippen LogP contribution in [0.15, 0.2) is 30.3 Å². The quantitative estimate of drug-likeness (QED) is 0.479. The van der Waals surface area contributed by atoms with Crippen LogP contribution in [0.2, 0.25) is 5.02 Å². The Bertz CT molecular complexity index is 1330. The Morgan fingerprint density at radius 2 is 1.66 bits per heavy atom. The minimum atomic E-state index is -1.52. The van der Waals surface area contributed by atoms with Gasteiger partial charge >= 0.3 is 5.97 Å². The maximum atomic E-state index is 15.1. The summed E-state index contributed by atoms with van der Waals surface area (Å²) >= 11 is 6.00. The van der Waals surface area contributed by atoms with Crippen LogP contribution in [-0.4, -0.2) is 81.5 Å². The van der Waals surface area contributed by atoms with Crippen molar-refractivity contribution in [2.24, 2.45) is 5.92 Å². The first-order valence-electron chi connectivity index (χ1n) is 14.0. The number of likely N-dealkylation sites (tertiary alicyclic amines) is 1. The Labute approximate surface area is 245 Å². The smallest absolute Gasteiger partial charge is 0.324 e. The van der Waals surface area contributed by atoms with Crippen LogP contribution in [0.5, 0.6) is 0 Å². The summed E-state index contributed by atoms with van der Waals surface area (Å²) in [4.78, 5) is 32.2. The molecule has 2 fully saturated rings. The molecule has 1 unspecified atom stereocenters. The predicted molar refractivity (Wildman–Crippen MR) is 153 cm³/mol. The Morgan fingerprint density at radius 1 is 0.976 bits per heavy atom. The van der Waals surface area contributed by atoms with Gasteiger partial charge in [0.2, 0.25) is 5.91 Å². The van der Waals surface area contributed by atoms with Gasteiger partial charge in [-0.15, -0.1) is 0 Å². The van der Waals surface area contributed by atoms with E-state index in [1.807, 2.05) is 6.92 Å². The molecule has 0 bridgehead atoms. The summed E-state index contributed by atoms with van der Waals surface area (Å²) in [5.41, 5.74) is -1.15. The zero-order chi connectivity index (χ0) is 30.4. The number of aliphatic carboxylic acids is 1. The van der Waals surface area contributed by atoms with Crippen molar-refractivity contribution < 1.29 is 27.9 Å². The average molecular weight is 594 g/mol. The molecule has 0 spiro atoms. The molecule has 41 heavy (non-hydrogen) atoms. The molecule has 224 valence electrons. The molecule has 2 aliphatic rings. The molecule has 2 saturated heterocycles. The molecular weight excluding hydrogens is 555 g/mol. The van der Waals surface area contributed by atoms with Crippen LogP contribution in [0, 0.1) is 30.3 Å². The molecule has 0 saturated carbocycles. The number of halogens is 4. The summed E-state index contributed by atoms with van der Waals surface area (Å²) in [7, 11) is 0. The maximum absolute atomic E-state index is 15.1. The highest BCUT2D eigenvalue weighted by Gasteiger charge is 2.48. The number of nitrogens with zero attached hydrogens (tertiary/aromatic N) is 3. The number of aryl methyl sites for hydroxylation is 1. The zero-order valence-corrected chi connectivity index (χ0v) is 25.2. The number of carboxylic acids is 1. The third kappa shape index (κ3) is 6.13. The molecule has 1 N–H and O–H groups in total. The lowest BCUT2D eigenvalue weighted by Crippen LogP contribution is -2.64. The molecule has 2 aromatic rings. The SMILES string of the molecule is Cc1ccc(CC(C)(C(=O)O)N2CCN(C(=O)[C@@H]3CN(C(C)(C)C)C[C@H]3c3ccc(Cl)cc3F)[C@@H](C)C2)c(F)c1F. The van der Waals surface area contributed by atoms with E-state index in [1.54, 1.807) is 21.9 Å². The molecule has 2 aliphatic heterocycles. The third-order valence-corrected chi connectivity index (χ3v) is 9.14. The van der Waals surface area contributed by atoms with E-state index in [4.69, 9.17) is 11.6 Å². The molecule has 2 aromatic carbocycles. The summed E-state index contributed by atoms with van der Waals surface area (Å²) in [6, 6.07) is 7.08. The standard InChI is InChI=1S/C31H39ClF3N3O3/c1-18-7-8-20(27(35)26(18)34)14-31(6,29(40)41)36-11-12-38(19(2)15-36)28(39)24-17-37(30(3,4)5)16-23(24)22-10-9-21(32)13-25(22)33/h7-10,13,19,23-24H,11-12,14-17H2,1-6H3,(H,40,41)/t19-,23-,24+,31?/m0/s1. The lowest BCUT2D eigenvalue weighted by molar-refractivity contribution is -0.154. The van der Waals surface area contributed by atoms with E-state index in [1.165, 1.54) is 32.0 Å². The van der Waals surface area contributed by atoms with E-state index in [0.717, 1.165) is 0 Å². The van der Waals surface area contributed by atoms with Crippen molar-refractivity contribution in [3.63, 3.8) is 0 Å². The predicted octanol–water partition coefficient (Wildman–Crippen LogP) is 5.50. The van der Waals surface area contributed by atoms with Crippen molar-refractivity contribution in [3.8, 4) is 0 Å². The van der Waals surface area contributed by atoms with Gasteiger partial charge in [-0.3, -0.25) is 19.4 Å². The molecular formula is C31H39ClF3N3O3. The van der Waals surface area contributed by atoms with Crippen LogP contribution in [0.25, 0.3) is 0 Å². The molecule has 0 radical (unpaired) electrons. The number of hydrogen-bond acceptors (Lipinski definition) is 4. The normalized spacial score (nSPS) is 24.0. The second-order valence-corrected chi connectivity index (χ2v) is 13.1. The van der Waals surface area contributed by atoms with E-state index in [-0.39, 0.29) is 60.6 Å². The van der Waals surface area contributed by atoms with Gasteiger partial charge in [0.25, 0.3) is 0 Å². The molecule has 4 rings (SSSR count). The lowest BCUT2D eigenvalue weighted by Gasteiger charge is -2.47. The van der Waals surface area contributed by atoms with Crippen molar-refractivity contribution in [2.75, 3.05) is 32.7 Å². The molecule has 0 aliphatic carbocycles. The first-order chi connectivity index (χ1) is 19.0. The summed E-state index contributed by atoms with van der Waals surface area (Å²) in [6.45, 7) is 12.7. The van der Waals surface area contributed by atoms with Gasteiger partial charge in [-0.25, -0.2) is 13.2 Å². The first kappa shape index (κ1) is 31.3. The van der Waals surface area contributed by atoms with Gasteiger partial charge in [0.05, 0.1) is 5.92 Å². The van der Waals surface area contributed by atoms with Crippen molar-refractivity contribution in [1.29, 1.82) is 0 Å². The fourth-order valence-corrected chi connectivity index (χ4v) is 6.34. The van der Waals surface area contributed by atoms with Gasteiger partial charge in [0.15, 0.2) is 11.6 Å². The number of amides is 1. The first-order valence-corrected chi connectivity index (χ1v) is 14.3. The monoisotopic (exact) mass is 593 g/mol. The van der Waals surface area contributed by atoms with E-state index in [0.29, 0.717) is 23.7 Å². The summed E-state index contributed by atoms with van der Waals surface area (Å²) in [5, 5.41) is 10.5. The zero-order valence-electron chi connectivity index (χ0n) is 24.5. The van der Waals surface area contributed by atoms with Crippen LogP contribution in [0.4, 0.5) is 13.2 Å². The Kier molecular flexibility index (Phi) is 8.84. The number of piperazine rings is 1. The van der Waals surface area contributed by atoms with Crippen molar-refractivity contribution >= 4 is 23.5 Å². The average Bonchev–Trinajstić information content (AvgIpc) is 3.34. The Morgan fingerprint density at radius 3 is 2.24 bits per heavy atom. The van der Waals surface area contributed by atoms with E-state index in [9.17, 15) is 23.5 Å². The minimum absolute atomic E-state index is 0.00906. The number of benzene rings is 2. The highest BCUT2D eigenvalue weighted by atomic mass is 35.5. The second-order valence-electron chi connectivity index (χ2n) is 12.7. The second kappa shape index (κ2) is 11.6. The van der Waals surface area contributed by atoms with Gasteiger partial charge in [-0.1, -0.05) is 29.8 Å². The molecule has 4 atom stereocenters. The Balaban J connectivity index is 1.56. The number of hydrogen-bond donors (Lipinski definition) is 1. The van der Waals surface area contributed by atoms with Gasteiger partial charge in [-0.2, -0.15) is 0 Å². The lowest BCUT2D eigenvalue weighted by atomic mass is 9.86. The summed E-state index contributed by atoms with van der Waals surface area (Å²) < 4.78 is 44.0. The van der Waals surface area contributed by atoms with Crippen LogP contribution >= 0.6 is 11.6 Å². The van der Waals surface area contributed by atoms with E-state index >= 15 is 4.39 Å². The van der Waals surface area contributed by atoms with Gasteiger partial charge in [0, 0.05) is 61.7 Å². The summed E-state index contributed by atoms with van der Waals surface area (Å²) in [5.74, 6) is -4.57. The van der Waals surface area contributed by atoms with Crippen molar-refractivity contribution in [1.82, 2.24) is 14.7 Å². The topological polar surface area (TPSA) is 64.1 Å². The fourth-order valence-electron chi connectivity index (χ4n) is 6.18. The largest absolute Gasteiger partial charge is 0.480 e. The Hall–Kier alpha value is -2.62. The van der Waals surface area contributed by atoms with Crippen LogP contribution in [-0.2, 0) is 16.0 Å². The fraction of sp³-hybridized carbons (Fsp3) is 0.548.